The molecule has 0 amide bonds. The number of hydrogen-bond donors (Lipinski definition) is 2. The summed E-state index contributed by atoms with van der Waals surface area (Å²) in [7, 11) is -3.51. The maximum Gasteiger partial charge on any atom is 0.240 e. The molecule has 0 atom stereocenters. The maximum absolute atomic E-state index is 12.4. The molecule has 0 fully saturated rings. The van der Waals surface area contributed by atoms with E-state index in [1.165, 1.54) is 0 Å². The van der Waals surface area contributed by atoms with Crippen LogP contribution in [0.15, 0.2) is 35.5 Å². The van der Waals surface area contributed by atoms with E-state index in [1.807, 2.05) is 6.07 Å². The number of nitrogens with zero attached hydrogens (tertiary/aromatic N) is 3. The van der Waals surface area contributed by atoms with Gasteiger partial charge in [0, 0.05) is 25.0 Å². The van der Waals surface area contributed by atoms with Crippen LogP contribution in [0.2, 0.25) is 0 Å². The lowest BCUT2D eigenvalue weighted by molar-refractivity contribution is 0.552. The van der Waals surface area contributed by atoms with Gasteiger partial charge in [0.15, 0.2) is 0 Å². The van der Waals surface area contributed by atoms with E-state index in [9.17, 15) is 8.42 Å². The Hall–Kier alpha value is -1.93. The largest absolute Gasteiger partial charge is 0.385 e. The number of fused-ring (bicyclic) bond motifs is 1. The molecule has 0 unspecified atom stereocenters. The van der Waals surface area contributed by atoms with Crippen LogP contribution in [-0.2, 0) is 23.0 Å². The summed E-state index contributed by atoms with van der Waals surface area (Å²) in [5, 5.41) is 10.7. The predicted octanol–water partition coefficient (Wildman–Crippen LogP) is 0.615. The van der Waals surface area contributed by atoms with Gasteiger partial charge in [-0.25, -0.2) is 13.1 Å². The Kier molecular flexibility index (Phi) is 3.89. The Morgan fingerprint density at radius 3 is 3.10 bits per heavy atom. The number of anilines is 1. The van der Waals surface area contributed by atoms with E-state index < -0.39 is 10.0 Å². The van der Waals surface area contributed by atoms with Crippen LogP contribution >= 0.6 is 0 Å². The summed E-state index contributed by atoms with van der Waals surface area (Å²) in [4.78, 5) is 0.366. The smallest absolute Gasteiger partial charge is 0.240 e. The Bertz CT molecular complexity index is 712. The molecule has 3 rings (SSSR count). The van der Waals surface area contributed by atoms with Gasteiger partial charge >= 0.3 is 0 Å². The van der Waals surface area contributed by atoms with Gasteiger partial charge in [-0.1, -0.05) is 11.3 Å². The van der Waals surface area contributed by atoms with E-state index in [0.717, 1.165) is 30.6 Å². The van der Waals surface area contributed by atoms with E-state index in [-0.39, 0.29) is 6.54 Å². The lowest BCUT2D eigenvalue weighted by Gasteiger charge is -2.21. The second kappa shape index (κ2) is 5.82. The molecule has 112 valence electrons. The van der Waals surface area contributed by atoms with E-state index in [1.54, 1.807) is 29.2 Å². The standard InChI is InChI=1S/C13H17N5O2S/c19-21(20,16-8-10-18-9-7-15-17-18)13-5-1-4-12-11(13)3-2-6-14-12/h1,4-5,7,9,14,16H,2-3,6,8,10H2. The molecule has 2 heterocycles. The molecule has 1 aromatic carbocycles. The molecule has 0 bridgehead atoms. The minimum atomic E-state index is -3.51. The first kappa shape index (κ1) is 14.0. The van der Waals surface area contributed by atoms with Gasteiger partial charge < -0.3 is 5.32 Å². The normalized spacial score (nSPS) is 14.5. The average molecular weight is 307 g/mol. The fraction of sp³-hybridized carbons (Fsp3) is 0.385. The average Bonchev–Trinajstić information content (AvgIpc) is 3.00. The Morgan fingerprint density at radius 2 is 2.29 bits per heavy atom. The summed E-state index contributed by atoms with van der Waals surface area (Å²) in [6.07, 6.45) is 4.98. The Balaban J connectivity index is 1.75. The predicted molar refractivity (Wildman–Crippen MR) is 78.5 cm³/mol. The maximum atomic E-state index is 12.4. The molecule has 8 heteroatoms. The van der Waals surface area contributed by atoms with Gasteiger partial charge in [-0.2, -0.15) is 0 Å². The quantitative estimate of drug-likeness (QED) is 0.845. The fourth-order valence-corrected chi connectivity index (χ4v) is 3.76. The van der Waals surface area contributed by atoms with Crippen molar-refractivity contribution >= 4 is 15.7 Å². The minimum Gasteiger partial charge on any atom is -0.385 e. The topological polar surface area (TPSA) is 88.9 Å². The molecule has 0 spiro atoms. The summed E-state index contributed by atoms with van der Waals surface area (Å²) in [5.41, 5.74) is 1.79. The molecule has 0 saturated carbocycles. The molecular weight excluding hydrogens is 290 g/mol. The van der Waals surface area contributed by atoms with Gasteiger partial charge in [-0.05, 0) is 30.5 Å². The zero-order valence-electron chi connectivity index (χ0n) is 11.5. The van der Waals surface area contributed by atoms with Crippen LogP contribution in [0.1, 0.15) is 12.0 Å². The molecule has 2 N–H and O–H groups in total. The Morgan fingerprint density at radius 1 is 1.38 bits per heavy atom. The molecule has 7 nitrogen and oxygen atoms in total. The fourth-order valence-electron chi connectivity index (χ4n) is 2.45. The highest BCUT2D eigenvalue weighted by atomic mass is 32.2. The lowest BCUT2D eigenvalue weighted by Crippen LogP contribution is -2.29. The van der Waals surface area contributed by atoms with Gasteiger partial charge in [-0.3, -0.25) is 4.68 Å². The van der Waals surface area contributed by atoms with Crippen molar-refractivity contribution in [2.24, 2.45) is 0 Å². The monoisotopic (exact) mass is 307 g/mol. The first-order chi connectivity index (χ1) is 10.2. The summed E-state index contributed by atoms with van der Waals surface area (Å²) in [5.74, 6) is 0. The molecule has 1 aliphatic heterocycles. The van der Waals surface area contributed by atoms with Crippen molar-refractivity contribution < 1.29 is 8.42 Å². The zero-order valence-corrected chi connectivity index (χ0v) is 12.3. The first-order valence-electron chi connectivity index (χ1n) is 6.86. The SMILES string of the molecule is O=S(=O)(NCCn1ccnn1)c1cccc2c1CCCN2. The number of hydrogen-bond acceptors (Lipinski definition) is 5. The molecule has 0 aliphatic carbocycles. The molecule has 0 radical (unpaired) electrons. The van der Waals surface area contributed by atoms with Crippen molar-refractivity contribution in [2.45, 2.75) is 24.3 Å². The van der Waals surface area contributed by atoms with Crippen LogP contribution in [0, 0.1) is 0 Å². The van der Waals surface area contributed by atoms with Crippen molar-refractivity contribution in [2.75, 3.05) is 18.4 Å². The van der Waals surface area contributed by atoms with E-state index in [0.29, 0.717) is 11.4 Å². The van der Waals surface area contributed by atoms with Gasteiger partial charge in [0.1, 0.15) is 0 Å². The highest BCUT2D eigenvalue weighted by molar-refractivity contribution is 7.89. The van der Waals surface area contributed by atoms with E-state index >= 15 is 0 Å². The number of benzene rings is 1. The second-order valence-electron chi connectivity index (χ2n) is 4.88. The van der Waals surface area contributed by atoms with Crippen LogP contribution < -0.4 is 10.0 Å². The summed E-state index contributed by atoms with van der Waals surface area (Å²) < 4.78 is 29.1. The van der Waals surface area contributed by atoms with Gasteiger partial charge in [-0.15, -0.1) is 5.10 Å². The summed E-state index contributed by atoms with van der Waals surface area (Å²) >= 11 is 0. The van der Waals surface area contributed by atoms with Gasteiger partial charge in [0.05, 0.1) is 17.6 Å². The third-order valence-corrected chi connectivity index (χ3v) is 4.99. The third kappa shape index (κ3) is 3.06. The van der Waals surface area contributed by atoms with Crippen molar-refractivity contribution in [3.63, 3.8) is 0 Å². The molecule has 21 heavy (non-hydrogen) atoms. The van der Waals surface area contributed by atoms with Crippen LogP contribution in [0.3, 0.4) is 0 Å². The second-order valence-corrected chi connectivity index (χ2v) is 6.61. The van der Waals surface area contributed by atoms with E-state index in [4.69, 9.17) is 0 Å². The molecule has 1 aromatic heterocycles. The number of sulfonamides is 1. The first-order valence-corrected chi connectivity index (χ1v) is 8.35. The number of nitrogens with one attached hydrogen (secondary N) is 2. The van der Waals surface area contributed by atoms with Crippen LogP contribution in [0.25, 0.3) is 0 Å². The third-order valence-electron chi connectivity index (χ3n) is 3.45. The van der Waals surface area contributed by atoms with Crippen LogP contribution in [0.5, 0.6) is 0 Å². The minimum absolute atomic E-state index is 0.281. The van der Waals surface area contributed by atoms with Gasteiger partial charge in [0.25, 0.3) is 0 Å². The number of aromatic nitrogens is 3. The summed E-state index contributed by atoms with van der Waals surface area (Å²) in [6.45, 7) is 1.62. The molecule has 1 aliphatic rings. The van der Waals surface area contributed by atoms with Crippen molar-refractivity contribution in [1.82, 2.24) is 19.7 Å². The van der Waals surface area contributed by atoms with E-state index in [2.05, 4.69) is 20.4 Å². The van der Waals surface area contributed by atoms with Gasteiger partial charge in [0.2, 0.25) is 10.0 Å². The summed E-state index contributed by atoms with van der Waals surface area (Å²) in [6, 6.07) is 5.34. The molecular formula is C13H17N5O2S. The molecule has 2 aromatic rings. The highest BCUT2D eigenvalue weighted by Crippen LogP contribution is 2.28. The van der Waals surface area contributed by atoms with Crippen molar-refractivity contribution in [3.8, 4) is 0 Å². The van der Waals surface area contributed by atoms with Crippen molar-refractivity contribution in [1.29, 1.82) is 0 Å². The highest BCUT2D eigenvalue weighted by Gasteiger charge is 2.21. The lowest BCUT2D eigenvalue weighted by atomic mass is 10.0. The number of rotatable bonds is 5. The van der Waals surface area contributed by atoms with Crippen LogP contribution in [-0.4, -0.2) is 36.5 Å². The van der Waals surface area contributed by atoms with Crippen molar-refractivity contribution in [3.05, 3.63) is 36.2 Å². The Labute approximate surface area is 123 Å². The zero-order chi connectivity index (χ0) is 14.7. The van der Waals surface area contributed by atoms with Crippen LogP contribution in [0.4, 0.5) is 5.69 Å². The molecule has 0 saturated heterocycles.